The van der Waals surface area contributed by atoms with Crippen LogP contribution >= 0.6 is 23.2 Å². The molecule has 1 aliphatic rings. The van der Waals surface area contributed by atoms with Crippen LogP contribution in [0, 0.1) is 0 Å². The van der Waals surface area contributed by atoms with Crippen molar-refractivity contribution in [2.45, 2.75) is 19.4 Å². The molecule has 0 spiro atoms. The molecule has 100 valence electrons. The number of carbonyl (C=O) groups is 2. The van der Waals surface area contributed by atoms with Gasteiger partial charge < -0.3 is 4.74 Å². The average molecular weight is 300 g/mol. The lowest BCUT2D eigenvalue weighted by atomic mass is 10.1. The Morgan fingerprint density at radius 1 is 1.21 bits per heavy atom. The molecule has 4 nitrogen and oxygen atoms in total. The zero-order valence-corrected chi connectivity index (χ0v) is 11.8. The van der Waals surface area contributed by atoms with Crippen LogP contribution in [0.5, 0.6) is 0 Å². The standard InChI is InChI=1S/C13H11Cl2NO3/c1-3-4-13(2)11(17)16(12(18)19-13)10-6-8(14)5-9(15)7-10/h3-7H,1-2H3. The van der Waals surface area contributed by atoms with Gasteiger partial charge in [0, 0.05) is 10.0 Å². The van der Waals surface area contributed by atoms with Crippen LogP contribution in [-0.4, -0.2) is 17.6 Å². The van der Waals surface area contributed by atoms with Crippen molar-refractivity contribution in [2.24, 2.45) is 0 Å². The summed E-state index contributed by atoms with van der Waals surface area (Å²) in [4.78, 5) is 25.1. The first-order chi connectivity index (χ1) is 8.87. The monoisotopic (exact) mass is 299 g/mol. The topological polar surface area (TPSA) is 46.6 Å². The number of carbonyl (C=O) groups excluding carboxylic acids is 2. The Hall–Kier alpha value is -1.52. The van der Waals surface area contributed by atoms with Crippen LogP contribution < -0.4 is 4.90 Å². The van der Waals surface area contributed by atoms with Crippen molar-refractivity contribution in [3.8, 4) is 0 Å². The predicted molar refractivity (Wildman–Crippen MR) is 73.6 cm³/mol. The van der Waals surface area contributed by atoms with E-state index >= 15 is 0 Å². The van der Waals surface area contributed by atoms with E-state index in [1.165, 1.54) is 31.2 Å². The first-order valence-electron chi connectivity index (χ1n) is 5.55. The second-order valence-electron chi connectivity index (χ2n) is 4.24. The molecule has 1 atom stereocenters. The van der Waals surface area contributed by atoms with Crippen LogP contribution in [0.15, 0.2) is 30.4 Å². The fourth-order valence-corrected chi connectivity index (χ4v) is 2.40. The summed E-state index contributed by atoms with van der Waals surface area (Å²) in [6.07, 6.45) is 2.43. The lowest BCUT2D eigenvalue weighted by Gasteiger charge is -2.15. The second-order valence-corrected chi connectivity index (χ2v) is 5.12. The molecular formula is C13H11Cl2NO3. The molecule has 1 heterocycles. The van der Waals surface area contributed by atoms with Gasteiger partial charge in [-0.15, -0.1) is 0 Å². The summed E-state index contributed by atoms with van der Waals surface area (Å²) in [5, 5.41) is 0.672. The number of imide groups is 1. The fraction of sp³-hybridized carbons (Fsp3) is 0.231. The number of benzene rings is 1. The third-order valence-corrected chi connectivity index (χ3v) is 3.14. The van der Waals surface area contributed by atoms with Crippen molar-refractivity contribution < 1.29 is 14.3 Å². The SMILES string of the molecule is CC=CC1(C)OC(=O)N(c2cc(Cl)cc(Cl)c2)C1=O. The van der Waals surface area contributed by atoms with E-state index in [1.807, 2.05) is 0 Å². The first-order valence-corrected chi connectivity index (χ1v) is 6.30. The molecule has 2 amide bonds. The summed E-state index contributed by atoms with van der Waals surface area (Å²) in [7, 11) is 0. The highest BCUT2D eigenvalue weighted by Gasteiger charge is 2.49. The molecule has 0 aromatic heterocycles. The van der Waals surface area contributed by atoms with Crippen LogP contribution in [0.3, 0.4) is 0 Å². The Labute approximate surface area is 120 Å². The van der Waals surface area contributed by atoms with E-state index in [4.69, 9.17) is 27.9 Å². The molecule has 0 saturated carbocycles. The van der Waals surface area contributed by atoms with Crippen LogP contribution in [0.2, 0.25) is 10.0 Å². The molecule has 0 aliphatic carbocycles. The van der Waals surface area contributed by atoms with Crippen LogP contribution in [-0.2, 0) is 9.53 Å². The van der Waals surface area contributed by atoms with Gasteiger partial charge in [0.05, 0.1) is 5.69 Å². The van der Waals surface area contributed by atoms with Crippen molar-refractivity contribution in [3.63, 3.8) is 0 Å². The number of allylic oxidation sites excluding steroid dienone is 1. The number of hydrogen-bond acceptors (Lipinski definition) is 3. The van der Waals surface area contributed by atoms with Crippen LogP contribution in [0.1, 0.15) is 13.8 Å². The zero-order valence-electron chi connectivity index (χ0n) is 10.3. The van der Waals surface area contributed by atoms with Crippen molar-refractivity contribution in [1.29, 1.82) is 0 Å². The molecule has 0 bridgehead atoms. The van der Waals surface area contributed by atoms with Crippen molar-refractivity contribution in [3.05, 3.63) is 40.4 Å². The molecule has 2 rings (SSSR count). The number of hydrogen-bond donors (Lipinski definition) is 0. The number of halogens is 2. The maximum atomic E-state index is 12.3. The van der Waals surface area contributed by atoms with Crippen molar-refractivity contribution in [1.82, 2.24) is 0 Å². The maximum absolute atomic E-state index is 12.3. The minimum absolute atomic E-state index is 0.292. The summed E-state index contributed by atoms with van der Waals surface area (Å²) in [5.74, 6) is -0.478. The Morgan fingerprint density at radius 3 is 2.32 bits per heavy atom. The molecular weight excluding hydrogens is 289 g/mol. The molecule has 1 aromatic rings. The van der Waals surface area contributed by atoms with E-state index in [0.29, 0.717) is 15.7 Å². The lowest BCUT2D eigenvalue weighted by molar-refractivity contribution is -0.125. The normalized spacial score (nSPS) is 23.3. The minimum atomic E-state index is -1.29. The van der Waals surface area contributed by atoms with Crippen molar-refractivity contribution >= 4 is 40.9 Å². The Bertz CT molecular complexity index is 565. The molecule has 1 saturated heterocycles. The van der Waals surface area contributed by atoms with Crippen LogP contribution in [0.4, 0.5) is 10.5 Å². The van der Waals surface area contributed by atoms with Gasteiger partial charge in [-0.1, -0.05) is 29.3 Å². The Kier molecular flexibility index (Phi) is 3.56. The molecule has 1 aromatic carbocycles. The second kappa shape index (κ2) is 4.87. The molecule has 0 radical (unpaired) electrons. The average Bonchev–Trinajstić information content (AvgIpc) is 2.48. The maximum Gasteiger partial charge on any atom is 0.422 e. The van der Waals surface area contributed by atoms with Gasteiger partial charge in [-0.25, -0.2) is 9.69 Å². The molecule has 0 N–H and O–H groups in total. The fourth-order valence-electron chi connectivity index (χ4n) is 1.89. The first kappa shape index (κ1) is 13.9. The molecule has 1 unspecified atom stereocenters. The van der Waals surface area contributed by atoms with Gasteiger partial charge in [0.2, 0.25) is 5.60 Å². The molecule has 19 heavy (non-hydrogen) atoms. The summed E-state index contributed by atoms with van der Waals surface area (Å²) in [6.45, 7) is 3.27. The number of ether oxygens (including phenoxy) is 1. The van der Waals surface area contributed by atoms with E-state index < -0.39 is 17.6 Å². The Balaban J connectivity index is 2.46. The summed E-state index contributed by atoms with van der Waals surface area (Å²) in [5.41, 5.74) is -0.999. The summed E-state index contributed by atoms with van der Waals surface area (Å²) < 4.78 is 5.11. The van der Waals surface area contributed by atoms with E-state index in [1.54, 1.807) is 13.0 Å². The predicted octanol–water partition coefficient (Wildman–Crippen LogP) is 3.81. The molecule has 1 aliphatic heterocycles. The highest BCUT2D eigenvalue weighted by molar-refractivity contribution is 6.35. The minimum Gasteiger partial charge on any atom is -0.428 e. The summed E-state index contributed by atoms with van der Waals surface area (Å²) in [6, 6.07) is 4.48. The van der Waals surface area contributed by atoms with E-state index in [2.05, 4.69) is 0 Å². The summed E-state index contributed by atoms with van der Waals surface area (Å²) >= 11 is 11.7. The van der Waals surface area contributed by atoms with Gasteiger partial charge in [0.1, 0.15) is 0 Å². The third kappa shape index (κ3) is 2.46. The number of nitrogens with zero attached hydrogens (tertiary/aromatic N) is 1. The lowest BCUT2D eigenvalue weighted by Crippen LogP contribution is -2.37. The van der Waals surface area contributed by atoms with E-state index in [9.17, 15) is 9.59 Å². The highest BCUT2D eigenvalue weighted by Crippen LogP contribution is 2.33. The van der Waals surface area contributed by atoms with Gasteiger partial charge in [0.25, 0.3) is 5.91 Å². The number of amides is 2. The largest absolute Gasteiger partial charge is 0.428 e. The van der Waals surface area contributed by atoms with Gasteiger partial charge in [-0.2, -0.15) is 0 Å². The number of rotatable bonds is 2. The van der Waals surface area contributed by atoms with E-state index in [-0.39, 0.29) is 0 Å². The quantitative estimate of drug-likeness (QED) is 0.780. The smallest absolute Gasteiger partial charge is 0.422 e. The number of cyclic esters (lactones) is 1. The van der Waals surface area contributed by atoms with Crippen LogP contribution in [0.25, 0.3) is 0 Å². The molecule has 1 fully saturated rings. The van der Waals surface area contributed by atoms with Crippen molar-refractivity contribution in [2.75, 3.05) is 4.90 Å². The third-order valence-electron chi connectivity index (χ3n) is 2.70. The zero-order chi connectivity index (χ0) is 14.2. The highest BCUT2D eigenvalue weighted by atomic mass is 35.5. The van der Waals surface area contributed by atoms with E-state index in [0.717, 1.165) is 4.90 Å². The Morgan fingerprint density at radius 2 is 1.79 bits per heavy atom. The van der Waals surface area contributed by atoms with Gasteiger partial charge in [-0.05, 0) is 38.1 Å². The van der Waals surface area contributed by atoms with Gasteiger partial charge in [-0.3, -0.25) is 4.79 Å². The number of anilines is 1. The van der Waals surface area contributed by atoms with Gasteiger partial charge in [0.15, 0.2) is 0 Å². The molecule has 6 heteroatoms. The van der Waals surface area contributed by atoms with Gasteiger partial charge >= 0.3 is 6.09 Å².